The Bertz CT molecular complexity index is 257. The Morgan fingerprint density at radius 1 is 1.14 bits per heavy atom. The van der Waals surface area contributed by atoms with E-state index >= 15 is 0 Å². The molecule has 0 aliphatic carbocycles. The molecule has 0 aliphatic rings. The van der Waals surface area contributed by atoms with Crippen LogP contribution in [0.1, 0.15) is 12.0 Å². The van der Waals surface area contributed by atoms with E-state index < -0.39 is 12.5 Å². The molecule has 0 heterocycles. The van der Waals surface area contributed by atoms with Crippen LogP contribution >= 0.6 is 0 Å². The maximum Gasteiger partial charge on any atom is 0.196 e. The molecule has 0 N–H and O–H groups in total. The first-order chi connectivity index (χ1) is 6.79. The van der Waals surface area contributed by atoms with Crippen LogP contribution in [0.4, 0.5) is 4.39 Å². The molecule has 0 aliphatic heterocycles. The van der Waals surface area contributed by atoms with Crippen LogP contribution in [0.15, 0.2) is 30.3 Å². The molecular weight excluding hydrogens is 183 g/mol. The molecule has 0 fully saturated rings. The monoisotopic (exact) mass is 198 g/mol. The number of alkyl halides is 1. The SMILES string of the molecule is COC(CCF)(OC)c1ccccc1. The Morgan fingerprint density at radius 2 is 1.71 bits per heavy atom. The minimum atomic E-state index is -0.948. The topological polar surface area (TPSA) is 18.5 Å². The van der Waals surface area contributed by atoms with E-state index in [0.717, 1.165) is 5.56 Å². The van der Waals surface area contributed by atoms with Gasteiger partial charge in [-0.1, -0.05) is 30.3 Å². The zero-order valence-corrected chi connectivity index (χ0v) is 8.50. The highest BCUT2D eigenvalue weighted by molar-refractivity contribution is 5.20. The summed E-state index contributed by atoms with van der Waals surface area (Å²) >= 11 is 0. The van der Waals surface area contributed by atoms with Gasteiger partial charge >= 0.3 is 0 Å². The summed E-state index contributed by atoms with van der Waals surface area (Å²) in [7, 11) is 3.04. The van der Waals surface area contributed by atoms with Crippen LogP contribution in [-0.2, 0) is 15.3 Å². The lowest BCUT2D eigenvalue weighted by Gasteiger charge is -2.30. The summed E-state index contributed by atoms with van der Waals surface area (Å²) < 4.78 is 22.9. The van der Waals surface area contributed by atoms with Gasteiger partial charge in [0.15, 0.2) is 5.79 Å². The molecule has 0 bridgehead atoms. The summed E-state index contributed by atoms with van der Waals surface area (Å²) in [4.78, 5) is 0. The minimum Gasteiger partial charge on any atom is -0.349 e. The fraction of sp³-hybridized carbons (Fsp3) is 0.455. The van der Waals surface area contributed by atoms with Gasteiger partial charge in [-0.15, -0.1) is 0 Å². The highest BCUT2D eigenvalue weighted by atomic mass is 19.1. The van der Waals surface area contributed by atoms with Crippen LogP contribution < -0.4 is 0 Å². The lowest BCUT2D eigenvalue weighted by atomic mass is 10.0. The Morgan fingerprint density at radius 3 is 2.14 bits per heavy atom. The van der Waals surface area contributed by atoms with E-state index in [9.17, 15) is 4.39 Å². The third kappa shape index (κ3) is 2.11. The van der Waals surface area contributed by atoms with Crippen LogP contribution in [0.25, 0.3) is 0 Å². The van der Waals surface area contributed by atoms with Crippen LogP contribution in [-0.4, -0.2) is 20.9 Å². The molecule has 0 amide bonds. The quantitative estimate of drug-likeness (QED) is 0.677. The summed E-state index contributed by atoms with van der Waals surface area (Å²) in [5.41, 5.74) is 0.836. The molecule has 78 valence electrons. The highest BCUT2D eigenvalue weighted by Crippen LogP contribution is 2.29. The fourth-order valence-electron chi connectivity index (χ4n) is 1.48. The Labute approximate surface area is 83.6 Å². The van der Waals surface area contributed by atoms with Crippen molar-refractivity contribution in [2.24, 2.45) is 0 Å². The third-order valence-electron chi connectivity index (χ3n) is 2.30. The number of hydrogen-bond donors (Lipinski definition) is 0. The van der Waals surface area contributed by atoms with Crippen molar-refractivity contribution in [3.8, 4) is 0 Å². The predicted molar refractivity (Wildman–Crippen MR) is 52.7 cm³/mol. The Hall–Kier alpha value is -0.930. The first kappa shape index (κ1) is 11.1. The van der Waals surface area contributed by atoms with Crippen molar-refractivity contribution >= 4 is 0 Å². The first-order valence-electron chi connectivity index (χ1n) is 4.51. The van der Waals surface area contributed by atoms with Gasteiger partial charge in [0.2, 0.25) is 0 Å². The third-order valence-corrected chi connectivity index (χ3v) is 2.30. The summed E-state index contributed by atoms with van der Waals surface area (Å²) in [6, 6.07) is 9.38. The van der Waals surface area contributed by atoms with Crippen molar-refractivity contribution in [2.45, 2.75) is 12.2 Å². The molecule has 14 heavy (non-hydrogen) atoms. The molecule has 2 nitrogen and oxygen atoms in total. The van der Waals surface area contributed by atoms with Crippen LogP contribution in [0.3, 0.4) is 0 Å². The van der Waals surface area contributed by atoms with Crippen LogP contribution in [0.5, 0.6) is 0 Å². The van der Waals surface area contributed by atoms with E-state index in [1.165, 1.54) is 14.2 Å². The van der Waals surface area contributed by atoms with Crippen molar-refractivity contribution < 1.29 is 13.9 Å². The zero-order chi connectivity index (χ0) is 10.4. The Kier molecular flexibility index (Phi) is 4.04. The molecule has 0 saturated carbocycles. The summed E-state index contributed by atoms with van der Waals surface area (Å²) in [5.74, 6) is -0.948. The molecule has 0 spiro atoms. The van der Waals surface area contributed by atoms with E-state index in [1.54, 1.807) is 0 Å². The van der Waals surface area contributed by atoms with E-state index in [0.29, 0.717) is 0 Å². The van der Waals surface area contributed by atoms with Crippen molar-refractivity contribution in [2.75, 3.05) is 20.9 Å². The summed E-state index contributed by atoms with van der Waals surface area (Å²) in [6.45, 7) is -0.476. The first-order valence-corrected chi connectivity index (χ1v) is 4.51. The number of hydrogen-bond acceptors (Lipinski definition) is 2. The van der Waals surface area contributed by atoms with Gasteiger partial charge in [0.25, 0.3) is 0 Å². The maximum atomic E-state index is 12.4. The van der Waals surface area contributed by atoms with Gasteiger partial charge in [-0.3, -0.25) is 4.39 Å². The second-order valence-corrected chi connectivity index (χ2v) is 2.97. The average Bonchev–Trinajstić information content (AvgIpc) is 2.27. The molecule has 0 unspecified atom stereocenters. The minimum absolute atomic E-state index is 0.198. The van der Waals surface area contributed by atoms with Gasteiger partial charge < -0.3 is 9.47 Å². The fourth-order valence-corrected chi connectivity index (χ4v) is 1.48. The lowest BCUT2D eigenvalue weighted by Crippen LogP contribution is -2.31. The van der Waals surface area contributed by atoms with Gasteiger partial charge in [-0.05, 0) is 0 Å². The lowest BCUT2D eigenvalue weighted by molar-refractivity contribution is -0.221. The van der Waals surface area contributed by atoms with Gasteiger partial charge in [-0.2, -0.15) is 0 Å². The standard InChI is InChI=1S/C11H15FO2/c1-13-11(14-2,8-9-12)10-6-4-3-5-7-10/h3-7H,8-9H2,1-2H3. The molecule has 1 rings (SSSR count). The highest BCUT2D eigenvalue weighted by Gasteiger charge is 2.31. The molecular formula is C11H15FO2. The maximum absolute atomic E-state index is 12.4. The van der Waals surface area contributed by atoms with Gasteiger partial charge in [0, 0.05) is 26.2 Å². The van der Waals surface area contributed by atoms with Gasteiger partial charge in [-0.25, -0.2) is 0 Å². The van der Waals surface area contributed by atoms with Crippen molar-refractivity contribution in [1.82, 2.24) is 0 Å². The molecule has 0 radical (unpaired) electrons. The van der Waals surface area contributed by atoms with E-state index in [-0.39, 0.29) is 6.42 Å². The molecule has 0 aromatic heterocycles. The number of methoxy groups -OCH3 is 2. The number of halogens is 1. The van der Waals surface area contributed by atoms with Gasteiger partial charge in [0.05, 0.1) is 6.67 Å². The number of ether oxygens (including phenoxy) is 2. The number of rotatable bonds is 5. The second-order valence-electron chi connectivity index (χ2n) is 2.97. The molecule has 0 atom stereocenters. The number of benzene rings is 1. The van der Waals surface area contributed by atoms with Crippen molar-refractivity contribution in [1.29, 1.82) is 0 Å². The normalized spacial score (nSPS) is 11.6. The summed E-state index contributed by atoms with van der Waals surface area (Å²) in [5, 5.41) is 0. The van der Waals surface area contributed by atoms with Gasteiger partial charge in [0.1, 0.15) is 0 Å². The largest absolute Gasteiger partial charge is 0.349 e. The van der Waals surface area contributed by atoms with E-state index in [4.69, 9.17) is 9.47 Å². The Balaban J connectivity index is 2.98. The molecule has 1 aromatic carbocycles. The van der Waals surface area contributed by atoms with Crippen molar-refractivity contribution in [3.05, 3.63) is 35.9 Å². The molecule has 1 aromatic rings. The average molecular weight is 198 g/mol. The summed E-state index contributed by atoms with van der Waals surface area (Å²) in [6.07, 6.45) is 0.198. The zero-order valence-electron chi connectivity index (χ0n) is 8.50. The predicted octanol–water partition coefficient (Wildman–Crippen LogP) is 2.49. The van der Waals surface area contributed by atoms with Crippen molar-refractivity contribution in [3.63, 3.8) is 0 Å². The van der Waals surface area contributed by atoms with E-state index in [2.05, 4.69) is 0 Å². The smallest absolute Gasteiger partial charge is 0.196 e. The van der Waals surface area contributed by atoms with Crippen LogP contribution in [0, 0.1) is 0 Å². The molecule has 3 heteroatoms. The second kappa shape index (κ2) is 5.08. The molecule has 0 saturated heterocycles. The van der Waals surface area contributed by atoms with Crippen LogP contribution in [0.2, 0.25) is 0 Å². The van der Waals surface area contributed by atoms with E-state index in [1.807, 2.05) is 30.3 Å².